The maximum Gasteiger partial charge on any atom is 0.148 e. The summed E-state index contributed by atoms with van der Waals surface area (Å²) in [6, 6.07) is 61.8. The summed E-state index contributed by atoms with van der Waals surface area (Å²) in [5.74, 6) is 0.842. The number of para-hydroxylation sites is 1. The number of aromatic hydroxyl groups is 1. The summed E-state index contributed by atoms with van der Waals surface area (Å²) in [6.07, 6.45) is 1.91. The fraction of sp³-hybridized carbons (Fsp3) is 0.238. The molecule has 4 nitrogen and oxygen atoms in total. The van der Waals surface area contributed by atoms with Crippen molar-refractivity contribution in [3.63, 3.8) is 0 Å². The minimum atomic E-state index is -0.158. The van der Waals surface area contributed by atoms with E-state index in [0.717, 1.165) is 78.0 Å². The van der Waals surface area contributed by atoms with Crippen LogP contribution in [0.5, 0.6) is 5.75 Å². The van der Waals surface area contributed by atoms with Crippen molar-refractivity contribution in [1.29, 1.82) is 0 Å². The van der Waals surface area contributed by atoms with Crippen LogP contribution in [0.3, 0.4) is 0 Å². The second-order valence-corrected chi connectivity index (χ2v) is 21.7. The fourth-order valence-corrected chi connectivity index (χ4v) is 8.89. The van der Waals surface area contributed by atoms with Gasteiger partial charge in [0.1, 0.15) is 11.6 Å². The molecule has 9 rings (SSSR count). The van der Waals surface area contributed by atoms with Gasteiger partial charge in [0, 0.05) is 38.5 Å². The molecule has 0 spiro atoms. The number of hydrogen-bond donors (Lipinski definition) is 1. The third-order valence-electron chi connectivity index (χ3n) is 14.1. The fourth-order valence-electron chi connectivity index (χ4n) is 8.89. The van der Waals surface area contributed by atoms with E-state index in [1.54, 1.807) is 0 Å². The Balaban J connectivity index is 0.00000625. The molecule has 0 aliphatic rings. The van der Waals surface area contributed by atoms with Crippen LogP contribution in [0, 0.1) is 11.5 Å². The summed E-state index contributed by atoms with van der Waals surface area (Å²) in [4.78, 5) is 10.6. The number of imidazole rings is 1. The van der Waals surface area contributed by atoms with Gasteiger partial charge in [-0.2, -0.15) is 0 Å². The van der Waals surface area contributed by atoms with Gasteiger partial charge in [-0.15, -0.1) is 23.8 Å². The Morgan fingerprint density at radius 1 is 0.471 bits per heavy atom. The predicted octanol–water partition coefficient (Wildman–Crippen LogP) is 16.8. The molecule has 7 aromatic carbocycles. The van der Waals surface area contributed by atoms with Gasteiger partial charge in [0.15, 0.2) is 0 Å². The molecule has 0 aliphatic carbocycles. The van der Waals surface area contributed by atoms with Crippen LogP contribution in [-0.4, -0.2) is 19.6 Å². The van der Waals surface area contributed by atoms with E-state index >= 15 is 0 Å². The van der Waals surface area contributed by atoms with Crippen molar-refractivity contribution < 1.29 is 26.2 Å². The predicted molar refractivity (Wildman–Crippen MR) is 282 cm³/mol. The maximum absolute atomic E-state index is 11.8. The Morgan fingerprint density at radius 2 is 1.04 bits per heavy atom. The number of hydrogen-bond acceptors (Lipinski definition) is 3. The standard InChI is InChI=1S/C63H62N3O.Pt/c1-60(2,3)49-29-31-55(52(39-49)43-21-16-13-17-22-43)66-56-24-18-23-51(58(56)65-59(66)53-40-50(61(4,5)6)30-32-57(53)67)46-35-45(41-19-14-12-15-20-41)36-47(37-46)54-38-44(33-34-64-54)42-25-27-48(28-26-42)63(10,11)62(7,8)9;/h12-36,38-40,67H,1-11H3;/q-1;. The van der Waals surface area contributed by atoms with Crippen LogP contribution in [0.15, 0.2) is 170 Å². The Bertz CT molecular complexity index is 3250. The third-order valence-corrected chi connectivity index (χ3v) is 14.1. The molecule has 9 aromatic rings. The summed E-state index contributed by atoms with van der Waals surface area (Å²) in [5.41, 5.74) is 17.1. The van der Waals surface area contributed by atoms with Gasteiger partial charge in [-0.3, -0.25) is 9.55 Å². The molecule has 2 heterocycles. The number of pyridine rings is 1. The van der Waals surface area contributed by atoms with Gasteiger partial charge in [0.05, 0.1) is 22.3 Å². The van der Waals surface area contributed by atoms with E-state index in [1.165, 1.54) is 11.1 Å². The van der Waals surface area contributed by atoms with Gasteiger partial charge in [0.25, 0.3) is 0 Å². The number of aromatic nitrogens is 3. The van der Waals surface area contributed by atoms with Crippen LogP contribution in [0.25, 0.3) is 83.9 Å². The summed E-state index contributed by atoms with van der Waals surface area (Å²) < 4.78 is 2.25. The Labute approximate surface area is 418 Å². The molecule has 0 aliphatic heterocycles. The van der Waals surface area contributed by atoms with Gasteiger partial charge in [-0.25, -0.2) is 4.98 Å². The molecule has 346 valence electrons. The second-order valence-electron chi connectivity index (χ2n) is 21.7. The van der Waals surface area contributed by atoms with Gasteiger partial charge in [-0.1, -0.05) is 208 Å². The van der Waals surface area contributed by atoms with E-state index in [-0.39, 0.29) is 48.5 Å². The topological polar surface area (TPSA) is 50.9 Å². The summed E-state index contributed by atoms with van der Waals surface area (Å²) in [6.45, 7) is 24.9. The average molecular weight is 1070 g/mol. The zero-order valence-corrected chi connectivity index (χ0v) is 43.5. The summed E-state index contributed by atoms with van der Waals surface area (Å²) >= 11 is 0. The number of benzene rings is 7. The van der Waals surface area contributed by atoms with Crippen molar-refractivity contribution in [2.24, 2.45) is 5.41 Å². The SMILES string of the molecule is CC(C)(C)c1ccc(O)c(-c2nc3c(-c4[c-]c(-c5cc(-c6ccc(C(C)(C)C(C)(C)C)cc6)ccn5)cc(-c5ccccc5)c4)cccc3n2-c2ccc(C(C)(C)C)cc2-c2ccccc2)c1.[Pt]. The molecule has 0 amide bonds. The van der Waals surface area contributed by atoms with Gasteiger partial charge in [-0.05, 0) is 97.0 Å². The molecular formula is C63H62N3OPt-. The molecule has 2 aromatic heterocycles. The molecule has 68 heavy (non-hydrogen) atoms. The summed E-state index contributed by atoms with van der Waals surface area (Å²) in [7, 11) is 0. The average Bonchev–Trinajstić information content (AvgIpc) is 3.70. The molecular weight excluding hydrogens is 1010 g/mol. The van der Waals surface area contributed by atoms with Crippen molar-refractivity contribution in [1.82, 2.24) is 14.5 Å². The Morgan fingerprint density at radius 3 is 1.68 bits per heavy atom. The third kappa shape index (κ3) is 9.29. The molecule has 0 bridgehead atoms. The van der Waals surface area contributed by atoms with Crippen molar-refractivity contribution >= 4 is 11.0 Å². The van der Waals surface area contributed by atoms with E-state index in [4.69, 9.17) is 9.97 Å². The van der Waals surface area contributed by atoms with Crippen molar-refractivity contribution in [2.45, 2.75) is 92.4 Å². The Kier molecular flexibility index (Phi) is 12.9. The van der Waals surface area contributed by atoms with Crippen LogP contribution < -0.4 is 0 Å². The monoisotopic (exact) mass is 1070 g/mol. The van der Waals surface area contributed by atoms with Crippen LogP contribution in [-0.2, 0) is 37.3 Å². The van der Waals surface area contributed by atoms with Crippen LogP contribution >= 0.6 is 0 Å². The van der Waals surface area contributed by atoms with Crippen molar-refractivity contribution in [3.05, 3.63) is 193 Å². The Hall–Kier alpha value is -6.35. The maximum atomic E-state index is 11.8. The number of phenols is 1. The molecule has 0 saturated heterocycles. The van der Waals surface area contributed by atoms with Crippen molar-refractivity contribution in [2.75, 3.05) is 0 Å². The van der Waals surface area contributed by atoms with Gasteiger partial charge in [0.2, 0.25) is 0 Å². The molecule has 0 saturated carbocycles. The molecule has 0 unspecified atom stereocenters. The zero-order chi connectivity index (χ0) is 47.5. The number of nitrogens with zero attached hydrogens (tertiary/aromatic N) is 3. The first-order chi connectivity index (χ1) is 31.8. The van der Waals surface area contributed by atoms with E-state index in [1.807, 2.05) is 18.3 Å². The normalized spacial score (nSPS) is 12.3. The van der Waals surface area contributed by atoms with Crippen LogP contribution in [0.2, 0.25) is 0 Å². The largest absolute Gasteiger partial charge is 0.507 e. The second kappa shape index (κ2) is 18.3. The minimum Gasteiger partial charge on any atom is -0.507 e. The molecule has 0 radical (unpaired) electrons. The van der Waals surface area contributed by atoms with Crippen LogP contribution in [0.4, 0.5) is 0 Å². The molecule has 5 heteroatoms. The molecule has 0 fully saturated rings. The molecule has 0 atom stereocenters. The summed E-state index contributed by atoms with van der Waals surface area (Å²) in [5, 5.41) is 11.8. The number of rotatable bonds is 8. The van der Waals surface area contributed by atoms with E-state index in [2.05, 4.69) is 238 Å². The first-order valence-electron chi connectivity index (χ1n) is 23.5. The quantitative estimate of drug-likeness (QED) is 0.154. The van der Waals surface area contributed by atoms with E-state index in [0.29, 0.717) is 11.4 Å². The first-order valence-corrected chi connectivity index (χ1v) is 23.5. The van der Waals surface area contributed by atoms with Crippen molar-refractivity contribution in [3.8, 4) is 78.6 Å². The van der Waals surface area contributed by atoms with Gasteiger partial charge < -0.3 is 5.11 Å². The smallest absolute Gasteiger partial charge is 0.148 e. The van der Waals surface area contributed by atoms with Gasteiger partial charge >= 0.3 is 0 Å². The minimum absolute atomic E-state index is 0. The zero-order valence-electron chi connectivity index (χ0n) is 41.3. The first kappa shape index (κ1) is 48.1. The van der Waals surface area contributed by atoms with Crippen LogP contribution in [0.1, 0.15) is 92.9 Å². The van der Waals surface area contributed by atoms with E-state index in [9.17, 15) is 5.11 Å². The number of phenolic OH excluding ortho intramolecular Hbond substituents is 1. The number of fused-ring (bicyclic) bond motifs is 1. The molecule has 1 N–H and O–H groups in total. The van der Waals surface area contributed by atoms with E-state index < -0.39 is 0 Å².